The van der Waals surface area contributed by atoms with Crippen LogP contribution in [0.25, 0.3) is 0 Å². The van der Waals surface area contributed by atoms with Gasteiger partial charge >= 0.3 is 0 Å². The zero-order valence-electron chi connectivity index (χ0n) is 14.9. The van der Waals surface area contributed by atoms with Gasteiger partial charge in [-0.15, -0.1) is 0 Å². The molecule has 0 N–H and O–H groups in total. The van der Waals surface area contributed by atoms with E-state index in [0.29, 0.717) is 19.0 Å². The maximum Gasteiger partial charge on any atom is 0.228 e. The summed E-state index contributed by atoms with van der Waals surface area (Å²) in [5.41, 5.74) is 0. The van der Waals surface area contributed by atoms with Crippen molar-refractivity contribution in [2.24, 2.45) is 13.0 Å². The Morgan fingerprint density at radius 2 is 2.08 bits per heavy atom. The van der Waals surface area contributed by atoms with E-state index >= 15 is 0 Å². The van der Waals surface area contributed by atoms with Crippen LogP contribution < -0.4 is 0 Å². The van der Waals surface area contributed by atoms with Gasteiger partial charge in [0, 0.05) is 64.6 Å². The van der Waals surface area contributed by atoms with E-state index in [0.717, 1.165) is 57.8 Å². The van der Waals surface area contributed by atoms with Crippen LogP contribution in [0, 0.1) is 5.92 Å². The Balaban J connectivity index is 1.32. The lowest BCUT2D eigenvalue weighted by atomic mass is 10.1. The number of likely N-dealkylation sites (tertiary alicyclic amines) is 1. The Hall–Kier alpha value is -1.89. The summed E-state index contributed by atoms with van der Waals surface area (Å²) in [5, 5.41) is 0. The minimum Gasteiger partial charge on any atom is -0.341 e. The Morgan fingerprint density at radius 3 is 2.80 bits per heavy atom. The highest BCUT2D eigenvalue weighted by molar-refractivity contribution is 5.89. The van der Waals surface area contributed by atoms with Crippen LogP contribution in [0.3, 0.4) is 0 Å². The number of aryl methyl sites for hydroxylation is 1. The fourth-order valence-corrected chi connectivity index (χ4v) is 3.99. The van der Waals surface area contributed by atoms with Gasteiger partial charge < -0.3 is 14.4 Å². The fraction of sp³-hybridized carbons (Fsp3) is 0.722. The number of rotatable bonds is 4. The van der Waals surface area contributed by atoms with Crippen molar-refractivity contribution in [1.29, 1.82) is 0 Å². The first kappa shape index (κ1) is 16.6. The molecule has 0 bridgehead atoms. The molecule has 25 heavy (non-hydrogen) atoms. The first-order valence-electron chi connectivity index (χ1n) is 9.38. The van der Waals surface area contributed by atoms with Crippen molar-refractivity contribution in [2.75, 3.05) is 32.7 Å². The molecule has 0 radical (unpaired) electrons. The van der Waals surface area contributed by atoms with Crippen molar-refractivity contribution in [3.63, 3.8) is 0 Å². The zero-order valence-corrected chi connectivity index (χ0v) is 14.9. The van der Waals surface area contributed by atoms with Gasteiger partial charge in [0.05, 0.1) is 12.5 Å². The number of aromatic nitrogens is 2. The lowest BCUT2D eigenvalue weighted by Crippen LogP contribution is -2.40. The first-order chi connectivity index (χ1) is 12.1. The number of carbonyl (C=O) groups is 2. The van der Waals surface area contributed by atoms with Gasteiger partial charge in [0.1, 0.15) is 5.82 Å². The highest BCUT2D eigenvalue weighted by Crippen LogP contribution is 2.33. The maximum atomic E-state index is 12.9. The third-order valence-electron chi connectivity index (χ3n) is 5.68. The summed E-state index contributed by atoms with van der Waals surface area (Å²) in [6.07, 6.45) is 7.39. The summed E-state index contributed by atoms with van der Waals surface area (Å²) in [6, 6.07) is 0.419. The molecule has 3 fully saturated rings. The third kappa shape index (κ3) is 3.56. The maximum absolute atomic E-state index is 12.9. The molecule has 1 aromatic rings. The number of imidazole rings is 1. The van der Waals surface area contributed by atoms with Crippen LogP contribution in [0.4, 0.5) is 0 Å². The van der Waals surface area contributed by atoms with Gasteiger partial charge in [0.25, 0.3) is 0 Å². The average Bonchev–Trinajstić information content (AvgIpc) is 3.31. The minimum atomic E-state index is -0.130. The van der Waals surface area contributed by atoms with Crippen LogP contribution >= 0.6 is 0 Å². The minimum absolute atomic E-state index is 0.130. The van der Waals surface area contributed by atoms with E-state index in [1.807, 2.05) is 33.8 Å². The van der Waals surface area contributed by atoms with Crippen LogP contribution in [0.2, 0.25) is 0 Å². The highest BCUT2D eigenvalue weighted by Gasteiger charge is 2.42. The van der Waals surface area contributed by atoms with Crippen LogP contribution in [-0.4, -0.2) is 74.8 Å². The van der Waals surface area contributed by atoms with Gasteiger partial charge in [-0.25, -0.2) is 4.98 Å². The second-order valence-electron chi connectivity index (χ2n) is 7.59. The molecule has 1 atom stereocenters. The van der Waals surface area contributed by atoms with Gasteiger partial charge in [-0.2, -0.15) is 0 Å². The molecule has 2 amide bonds. The summed E-state index contributed by atoms with van der Waals surface area (Å²) in [6.45, 7) is 4.85. The lowest BCUT2D eigenvalue weighted by molar-refractivity contribution is -0.135. The van der Waals surface area contributed by atoms with Crippen molar-refractivity contribution in [2.45, 2.75) is 38.3 Å². The quantitative estimate of drug-likeness (QED) is 0.796. The molecule has 0 spiro atoms. The summed E-state index contributed by atoms with van der Waals surface area (Å²) in [5.74, 6) is 1.28. The van der Waals surface area contributed by atoms with Gasteiger partial charge in [0.2, 0.25) is 11.8 Å². The summed E-state index contributed by atoms with van der Waals surface area (Å²) < 4.78 is 2.05. The fourth-order valence-electron chi connectivity index (χ4n) is 3.99. The van der Waals surface area contributed by atoms with Crippen LogP contribution in [0.5, 0.6) is 0 Å². The molecule has 136 valence electrons. The second kappa shape index (κ2) is 6.78. The van der Waals surface area contributed by atoms with Crippen molar-refractivity contribution >= 4 is 11.8 Å². The molecule has 0 aromatic carbocycles. The Bertz CT molecular complexity index is 654. The van der Waals surface area contributed by atoms with Crippen molar-refractivity contribution in [3.05, 3.63) is 18.2 Å². The predicted octanol–water partition coefficient (Wildman–Crippen LogP) is 0.465. The smallest absolute Gasteiger partial charge is 0.228 e. The normalized spacial score (nSPS) is 25.5. The molecule has 1 saturated carbocycles. The Kier molecular flexibility index (Phi) is 4.50. The molecule has 2 aliphatic heterocycles. The van der Waals surface area contributed by atoms with E-state index in [9.17, 15) is 9.59 Å². The van der Waals surface area contributed by atoms with Crippen molar-refractivity contribution in [1.82, 2.24) is 24.3 Å². The third-order valence-corrected chi connectivity index (χ3v) is 5.68. The van der Waals surface area contributed by atoms with Gasteiger partial charge in [-0.1, -0.05) is 0 Å². The second-order valence-corrected chi connectivity index (χ2v) is 7.59. The summed E-state index contributed by atoms with van der Waals surface area (Å²) >= 11 is 0. The molecule has 1 aromatic heterocycles. The molecule has 2 saturated heterocycles. The number of hydrogen-bond acceptors (Lipinski definition) is 4. The van der Waals surface area contributed by atoms with E-state index in [4.69, 9.17) is 0 Å². The number of amides is 2. The van der Waals surface area contributed by atoms with E-state index in [1.165, 1.54) is 0 Å². The first-order valence-corrected chi connectivity index (χ1v) is 9.38. The molecule has 1 aliphatic carbocycles. The van der Waals surface area contributed by atoms with Gasteiger partial charge in [-0.3, -0.25) is 14.5 Å². The van der Waals surface area contributed by atoms with Crippen LogP contribution in [-0.2, 0) is 23.2 Å². The number of carbonyl (C=O) groups excluding carboxylic acids is 2. The summed E-state index contributed by atoms with van der Waals surface area (Å²) in [4.78, 5) is 35.7. The van der Waals surface area contributed by atoms with E-state index < -0.39 is 0 Å². The largest absolute Gasteiger partial charge is 0.341 e. The lowest BCUT2D eigenvalue weighted by Gasteiger charge is -2.24. The van der Waals surface area contributed by atoms with E-state index in [-0.39, 0.29) is 17.7 Å². The van der Waals surface area contributed by atoms with Gasteiger partial charge in [0.15, 0.2) is 0 Å². The molecular formula is C18H27N5O2. The number of hydrogen-bond donors (Lipinski definition) is 0. The predicted molar refractivity (Wildman–Crippen MR) is 92.5 cm³/mol. The molecule has 4 rings (SSSR count). The molecule has 3 heterocycles. The molecular weight excluding hydrogens is 318 g/mol. The molecule has 3 aliphatic rings. The Morgan fingerprint density at radius 1 is 1.24 bits per heavy atom. The zero-order chi connectivity index (χ0) is 17.4. The molecule has 7 nitrogen and oxygen atoms in total. The standard InChI is InChI=1S/C18H27N5O2/c1-20-8-5-19-16(20)13-21-6-2-7-22(10-9-21)18(25)14-11-17(24)23(12-14)15-3-4-15/h5,8,14-15H,2-4,6-7,9-13H2,1H3/t14-/m0/s1. The van der Waals surface area contributed by atoms with E-state index in [1.54, 1.807) is 0 Å². The number of nitrogens with zero attached hydrogens (tertiary/aromatic N) is 5. The van der Waals surface area contributed by atoms with Crippen molar-refractivity contribution in [3.8, 4) is 0 Å². The van der Waals surface area contributed by atoms with E-state index in [2.05, 4.69) is 9.88 Å². The summed E-state index contributed by atoms with van der Waals surface area (Å²) in [7, 11) is 2.01. The monoisotopic (exact) mass is 345 g/mol. The van der Waals surface area contributed by atoms with Crippen LogP contribution in [0.15, 0.2) is 12.4 Å². The Labute approximate surface area is 148 Å². The molecule has 0 unspecified atom stereocenters. The van der Waals surface area contributed by atoms with Gasteiger partial charge in [-0.05, 0) is 19.3 Å². The average molecular weight is 345 g/mol. The molecule has 7 heteroatoms. The SMILES string of the molecule is Cn1ccnc1CN1CCCN(C(=O)[C@H]2CC(=O)N(C3CC3)C2)CC1. The van der Waals surface area contributed by atoms with Crippen molar-refractivity contribution < 1.29 is 9.59 Å². The highest BCUT2D eigenvalue weighted by atomic mass is 16.2. The topological polar surface area (TPSA) is 61.7 Å². The van der Waals surface area contributed by atoms with Crippen LogP contribution in [0.1, 0.15) is 31.5 Å².